The molecule has 2 aromatic rings. The Morgan fingerprint density at radius 1 is 1.44 bits per heavy atom. The molecule has 4 nitrogen and oxygen atoms in total. The van der Waals surface area contributed by atoms with Crippen LogP contribution < -0.4 is 5.32 Å². The Hall–Kier alpha value is -1.46. The summed E-state index contributed by atoms with van der Waals surface area (Å²) in [6.07, 6.45) is 0. The minimum Gasteiger partial charge on any atom is -0.308 e. The highest BCUT2D eigenvalue weighted by Crippen LogP contribution is 2.26. The molecular weight excluding hydrogens is 255 g/mol. The number of halogens is 2. The third kappa shape index (κ3) is 1.79. The molecule has 18 heavy (non-hydrogen) atoms. The highest BCUT2D eigenvalue weighted by molar-refractivity contribution is 6.30. The zero-order chi connectivity index (χ0) is 12.7. The van der Waals surface area contributed by atoms with Crippen LogP contribution in [0.4, 0.5) is 4.39 Å². The van der Waals surface area contributed by atoms with Crippen LogP contribution in [0, 0.1) is 5.82 Å². The van der Waals surface area contributed by atoms with Crippen LogP contribution in [-0.4, -0.2) is 21.3 Å². The highest BCUT2D eigenvalue weighted by Gasteiger charge is 2.22. The molecule has 0 radical (unpaired) electrons. The van der Waals surface area contributed by atoms with E-state index < -0.39 is 5.82 Å². The van der Waals surface area contributed by atoms with Crippen LogP contribution in [0.5, 0.6) is 0 Å². The molecule has 1 aromatic heterocycles. The summed E-state index contributed by atoms with van der Waals surface area (Å²) in [4.78, 5) is 0. The fourth-order valence-electron chi connectivity index (χ4n) is 2.19. The summed E-state index contributed by atoms with van der Waals surface area (Å²) >= 11 is 5.68. The van der Waals surface area contributed by atoms with E-state index in [4.69, 9.17) is 11.6 Å². The molecule has 0 fully saturated rings. The number of nitrogens with one attached hydrogen (secondary N) is 1. The van der Waals surface area contributed by atoms with Gasteiger partial charge in [-0.2, -0.15) is 0 Å². The molecule has 0 aliphatic carbocycles. The minimum absolute atomic E-state index is 0.118. The summed E-state index contributed by atoms with van der Waals surface area (Å²) in [6, 6.07) is 4.86. The number of rotatable bonds is 1. The minimum atomic E-state index is -0.437. The highest BCUT2D eigenvalue weighted by atomic mass is 35.5. The van der Waals surface area contributed by atoms with Gasteiger partial charge in [-0.25, -0.2) is 4.39 Å². The third-order valence-electron chi connectivity index (χ3n) is 3.13. The van der Waals surface area contributed by atoms with Crippen LogP contribution in [0.25, 0.3) is 11.4 Å². The molecule has 1 atom stereocenters. The van der Waals surface area contributed by atoms with Crippen LogP contribution in [0.15, 0.2) is 18.2 Å². The van der Waals surface area contributed by atoms with Crippen molar-refractivity contribution in [2.45, 2.75) is 19.5 Å². The maximum absolute atomic E-state index is 13.5. The first-order valence-electron chi connectivity index (χ1n) is 5.78. The Morgan fingerprint density at radius 3 is 3.06 bits per heavy atom. The Kier molecular flexibility index (Phi) is 2.80. The van der Waals surface area contributed by atoms with Gasteiger partial charge < -0.3 is 9.88 Å². The lowest BCUT2D eigenvalue weighted by molar-refractivity contribution is 0.439. The molecule has 0 saturated heterocycles. The smallest absolute Gasteiger partial charge is 0.164 e. The second kappa shape index (κ2) is 4.33. The maximum Gasteiger partial charge on any atom is 0.164 e. The monoisotopic (exact) mass is 266 g/mol. The summed E-state index contributed by atoms with van der Waals surface area (Å²) in [5.41, 5.74) is 0.699. The number of nitrogens with zero attached hydrogens (tertiary/aromatic N) is 3. The number of benzene rings is 1. The predicted molar refractivity (Wildman–Crippen MR) is 66.8 cm³/mol. The summed E-state index contributed by atoms with van der Waals surface area (Å²) < 4.78 is 15.5. The molecule has 6 heteroatoms. The van der Waals surface area contributed by atoms with Gasteiger partial charge in [-0.05, 0) is 25.1 Å². The van der Waals surface area contributed by atoms with Crippen molar-refractivity contribution < 1.29 is 4.39 Å². The van der Waals surface area contributed by atoms with Crippen molar-refractivity contribution in [2.75, 3.05) is 6.54 Å². The summed E-state index contributed by atoms with van der Waals surface area (Å²) in [5.74, 6) is 1.13. The first-order chi connectivity index (χ1) is 8.66. The lowest BCUT2D eigenvalue weighted by Crippen LogP contribution is -2.32. The van der Waals surface area contributed by atoms with Crippen LogP contribution in [-0.2, 0) is 6.54 Å². The zero-order valence-electron chi connectivity index (χ0n) is 9.82. The molecule has 0 saturated carbocycles. The summed E-state index contributed by atoms with van der Waals surface area (Å²) in [6.45, 7) is 3.67. The van der Waals surface area contributed by atoms with E-state index in [9.17, 15) is 4.39 Å². The van der Waals surface area contributed by atoms with Crippen LogP contribution in [0.1, 0.15) is 18.8 Å². The van der Waals surface area contributed by atoms with E-state index in [1.165, 1.54) is 6.07 Å². The van der Waals surface area contributed by atoms with E-state index in [1.54, 1.807) is 12.1 Å². The normalized spacial score (nSPS) is 18.7. The number of aromatic nitrogens is 3. The molecular formula is C12H12ClFN4. The zero-order valence-corrected chi connectivity index (χ0v) is 10.6. The van der Waals surface area contributed by atoms with Crippen LogP contribution >= 0.6 is 11.6 Å². The number of hydrogen-bond donors (Lipinski definition) is 1. The van der Waals surface area contributed by atoms with E-state index in [2.05, 4.69) is 15.5 Å². The predicted octanol–water partition coefficient (Wildman–Crippen LogP) is 2.40. The van der Waals surface area contributed by atoms with Crippen LogP contribution in [0.3, 0.4) is 0 Å². The largest absolute Gasteiger partial charge is 0.308 e. The van der Waals surface area contributed by atoms with E-state index >= 15 is 0 Å². The molecule has 94 valence electrons. The van der Waals surface area contributed by atoms with Gasteiger partial charge in [0.2, 0.25) is 0 Å². The van der Waals surface area contributed by atoms with Crippen molar-refractivity contribution >= 4 is 11.6 Å². The van der Waals surface area contributed by atoms with E-state index in [-0.39, 0.29) is 11.1 Å². The maximum atomic E-state index is 13.5. The van der Waals surface area contributed by atoms with Gasteiger partial charge in [0.15, 0.2) is 5.82 Å². The van der Waals surface area contributed by atoms with Gasteiger partial charge in [0, 0.05) is 18.7 Å². The first kappa shape index (κ1) is 11.6. The fourth-order valence-corrected chi connectivity index (χ4v) is 2.31. The standard InChI is InChI=1S/C12H12ClFN4/c1-7-11-16-17-12(18(11)5-4-15-7)8-2-3-9(13)10(14)6-8/h2-3,6-7,15H,4-5H2,1H3. The van der Waals surface area contributed by atoms with E-state index in [0.29, 0.717) is 11.4 Å². The molecule has 1 aliphatic rings. The number of fused-ring (bicyclic) bond motifs is 1. The van der Waals surface area contributed by atoms with Gasteiger partial charge in [-0.15, -0.1) is 10.2 Å². The van der Waals surface area contributed by atoms with Crippen molar-refractivity contribution in [3.8, 4) is 11.4 Å². The van der Waals surface area contributed by atoms with Crippen molar-refractivity contribution in [3.63, 3.8) is 0 Å². The molecule has 1 aliphatic heterocycles. The van der Waals surface area contributed by atoms with Gasteiger partial charge in [0.1, 0.15) is 11.6 Å². The Bertz CT molecular complexity index is 596. The SMILES string of the molecule is CC1NCCn2c(-c3ccc(Cl)c(F)c3)nnc21. The molecule has 1 N–H and O–H groups in total. The lowest BCUT2D eigenvalue weighted by atomic mass is 10.2. The van der Waals surface area contributed by atoms with Crippen molar-refractivity contribution in [1.29, 1.82) is 0 Å². The van der Waals surface area contributed by atoms with Gasteiger partial charge in [0.25, 0.3) is 0 Å². The van der Waals surface area contributed by atoms with Crippen molar-refractivity contribution in [2.24, 2.45) is 0 Å². The molecule has 3 rings (SSSR count). The first-order valence-corrected chi connectivity index (χ1v) is 6.16. The molecule has 2 heterocycles. The molecule has 0 bridgehead atoms. The summed E-state index contributed by atoms with van der Waals surface area (Å²) in [5, 5.41) is 11.7. The van der Waals surface area contributed by atoms with Gasteiger partial charge >= 0.3 is 0 Å². The summed E-state index contributed by atoms with van der Waals surface area (Å²) in [7, 11) is 0. The lowest BCUT2D eigenvalue weighted by Gasteiger charge is -2.21. The van der Waals surface area contributed by atoms with Gasteiger partial charge in [-0.1, -0.05) is 11.6 Å². The van der Waals surface area contributed by atoms with Crippen molar-refractivity contribution in [3.05, 3.63) is 34.9 Å². The Labute approximate surface area is 109 Å². The molecule has 0 amide bonds. The quantitative estimate of drug-likeness (QED) is 0.862. The third-order valence-corrected chi connectivity index (χ3v) is 3.44. The Balaban J connectivity index is 2.09. The second-order valence-corrected chi connectivity index (χ2v) is 4.75. The topological polar surface area (TPSA) is 42.7 Å². The van der Waals surface area contributed by atoms with E-state index in [0.717, 1.165) is 18.9 Å². The van der Waals surface area contributed by atoms with Crippen LogP contribution in [0.2, 0.25) is 5.02 Å². The van der Waals surface area contributed by atoms with Gasteiger partial charge in [0.05, 0.1) is 11.1 Å². The van der Waals surface area contributed by atoms with Gasteiger partial charge in [-0.3, -0.25) is 0 Å². The molecule has 0 spiro atoms. The average Bonchev–Trinajstić information content (AvgIpc) is 2.78. The van der Waals surface area contributed by atoms with E-state index in [1.807, 2.05) is 11.5 Å². The average molecular weight is 267 g/mol. The van der Waals surface area contributed by atoms with Crippen molar-refractivity contribution in [1.82, 2.24) is 20.1 Å². The Morgan fingerprint density at radius 2 is 2.28 bits per heavy atom. The second-order valence-electron chi connectivity index (χ2n) is 4.34. The number of hydrogen-bond acceptors (Lipinski definition) is 3. The molecule has 1 unspecified atom stereocenters. The fraction of sp³-hybridized carbons (Fsp3) is 0.333. The molecule has 1 aromatic carbocycles.